The lowest BCUT2D eigenvalue weighted by atomic mass is 9.72. The van der Waals surface area contributed by atoms with Crippen LogP contribution in [0.1, 0.15) is 43.7 Å². The van der Waals surface area contributed by atoms with Crippen molar-refractivity contribution in [1.29, 1.82) is 0 Å². The lowest BCUT2D eigenvalue weighted by Crippen LogP contribution is -2.26. The number of aliphatic hydroxyl groups excluding tert-OH is 1. The maximum Gasteiger partial charge on any atom is 0.123 e. The SMILES string of the molecule is C=C(C)[C@@H]1C[C@H](O)C(C)=C[C@H]1c1c(O)cc(C2=CCOCC2)cc1O. The molecule has 0 aromatic heterocycles. The van der Waals surface area contributed by atoms with Gasteiger partial charge in [0.2, 0.25) is 0 Å². The standard InChI is InChI=1S/C21H26O4/c1-12(2)16-11-18(22)13(3)8-17(16)21-19(23)9-15(10-20(21)24)14-4-6-25-7-5-14/h4,8-10,16-18,22-24H,1,5-7,11H2,2-3H3/t16-,17+,18-/m0/s1. The van der Waals surface area contributed by atoms with Crippen LogP contribution in [0.5, 0.6) is 11.5 Å². The van der Waals surface area contributed by atoms with Crippen LogP contribution in [0.4, 0.5) is 0 Å². The number of phenols is 2. The minimum Gasteiger partial charge on any atom is -0.507 e. The average molecular weight is 342 g/mol. The van der Waals surface area contributed by atoms with Crippen LogP contribution < -0.4 is 0 Å². The zero-order valence-electron chi connectivity index (χ0n) is 14.8. The van der Waals surface area contributed by atoms with Crippen molar-refractivity contribution in [2.24, 2.45) is 5.92 Å². The maximum absolute atomic E-state index is 10.7. The number of ether oxygens (including phenoxy) is 1. The van der Waals surface area contributed by atoms with Crippen molar-refractivity contribution in [3.8, 4) is 11.5 Å². The van der Waals surface area contributed by atoms with Gasteiger partial charge in [0.1, 0.15) is 11.5 Å². The van der Waals surface area contributed by atoms with Gasteiger partial charge in [-0.1, -0.05) is 24.3 Å². The van der Waals surface area contributed by atoms with Gasteiger partial charge >= 0.3 is 0 Å². The van der Waals surface area contributed by atoms with Crippen LogP contribution in [-0.2, 0) is 4.74 Å². The number of hydrogen-bond donors (Lipinski definition) is 3. The zero-order valence-corrected chi connectivity index (χ0v) is 14.8. The number of aliphatic hydroxyl groups is 1. The molecule has 3 atom stereocenters. The highest BCUT2D eigenvalue weighted by molar-refractivity contribution is 5.70. The molecule has 134 valence electrons. The van der Waals surface area contributed by atoms with E-state index < -0.39 is 6.10 Å². The van der Waals surface area contributed by atoms with E-state index in [0.29, 0.717) is 25.2 Å². The molecule has 25 heavy (non-hydrogen) atoms. The lowest BCUT2D eigenvalue weighted by Gasteiger charge is -2.34. The van der Waals surface area contributed by atoms with Gasteiger partial charge in [-0.15, -0.1) is 0 Å². The Balaban J connectivity index is 2.04. The zero-order chi connectivity index (χ0) is 18.1. The van der Waals surface area contributed by atoms with Gasteiger partial charge in [0, 0.05) is 11.5 Å². The molecule has 0 amide bonds. The smallest absolute Gasteiger partial charge is 0.123 e. The third-order valence-electron chi connectivity index (χ3n) is 5.32. The Morgan fingerprint density at radius 3 is 2.48 bits per heavy atom. The summed E-state index contributed by atoms with van der Waals surface area (Å²) >= 11 is 0. The molecule has 0 bridgehead atoms. The van der Waals surface area contributed by atoms with Crippen LogP contribution in [0.3, 0.4) is 0 Å². The monoisotopic (exact) mass is 342 g/mol. The van der Waals surface area contributed by atoms with E-state index in [0.717, 1.165) is 28.7 Å². The van der Waals surface area contributed by atoms with Crippen molar-refractivity contribution in [2.45, 2.75) is 38.7 Å². The molecule has 1 aliphatic heterocycles. The highest BCUT2D eigenvalue weighted by Gasteiger charge is 2.33. The van der Waals surface area contributed by atoms with Gasteiger partial charge in [-0.3, -0.25) is 0 Å². The normalized spacial score (nSPS) is 26.8. The Morgan fingerprint density at radius 1 is 1.24 bits per heavy atom. The first-order valence-corrected chi connectivity index (χ1v) is 8.73. The van der Waals surface area contributed by atoms with Crippen molar-refractivity contribution in [3.05, 3.63) is 53.1 Å². The third-order valence-corrected chi connectivity index (χ3v) is 5.32. The highest BCUT2D eigenvalue weighted by atomic mass is 16.5. The second kappa shape index (κ2) is 7.06. The summed E-state index contributed by atoms with van der Waals surface area (Å²) in [6.45, 7) is 9.04. The van der Waals surface area contributed by atoms with Crippen molar-refractivity contribution >= 4 is 5.57 Å². The predicted octanol–water partition coefficient (Wildman–Crippen LogP) is 3.89. The molecule has 1 aliphatic carbocycles. The average Bonchev–Trinajstić information content (AvgIpc) is 2.57. The van der Waals surface area contributed by atoms with Crippen LogP contribution in [0.15, 0.2) is 42.0 Å². The molecule has 4 nitrogen and oxygen atoms in total. The number of benzene rings is 1. The number of phenolic OH excluding ortho intramolecular Hbond substituents is 2. The second-order valence-corrected chi connectivity index (χ2v) is 7.12. The fraction of sp³-hybridized carbons (Fsp3) is 0.429. The largest absolute Gasteiger partial charge is 0.507 e. The van der Waals surface area contributed by atoms with Crippen LogP contribution in [0.2, 0.25) is 0 Å². The first-order chi connectivity index (χ1) is 11.9. The van der Waals surface area contributed by atoms with E-state index in [2.05, 4.69) is 6.58 Å². The molecule has 1 aromatic rings. The van der Waals surface area contributed by atoms with Crippen LogP contribution in [0.25, 0.3) is 5.57 Å². The molecule has 1 aromatic carbocycles. The van der Waals surface area contributed by atoms with Gasteiger partial charge in [-0.2, -0.15) is 0 Å². The number of allylic oxidation sites excluding steroid dienone is 2. The number of aromatic hydroxyl groups is 2. The van der Waals surface area contributed by atoms with Gasteiger partial charge in [-0.05, 0) is 61.4 Å². The molecular weight excluding hydrogens is 316 g/mol. The van der Waals surface area contributed by atoms with Gasteiger partial charge in [0.25, 0.3) is 0 Å². The summed E-state index contributed by atoms with van der Waals surface area (Å²) in [6, 6.07) is 3.44. The lowest BCUT2D eigenvalue weighted by molar-refractivity contribution is 0.161. The Hall–Kier alpha value is -2.04. The quantitative estimate of drug-likeness (QED) is 0.729. The summed E-state index contributed by atoms with van der Waals surface area (Å²) in [4.78, 5) is 0. The Bertz CT molecular complexity index is 721. The molecule has 2 aliphatic rings. The fourth-order valence-corrected chi connectivity index (χ4v) is 3.81. The van der Waals surface area contributed by atoms with Crippen LogP contribution in [0, 0.1) is 5.92 Å². The first kappa shape index (κ1) is 17.8. The molecule has 0 fully saturated rings. The summed E-state index contributed by atoms with van der Waals surface area (Å²) in [7, 11) is 0. The molecule has 0 saturated carbocycles. The van der Waals surface area contributed by atoms with Gasteiger partial charge in [-0.25, -0.2) is 0 Å². The number of rotatable bonds is 3. The molecule has 3 rings (SSSR count). The van der Waals surface area contributed by atoms with E-state index in [1.54, 1.807) is 12.1 Å². The van der Waals surface area contributed by atoms with Gasteiger partial charge < -0.3 is 20.1 Å². The fourth-order valence-electron chi connectivity index (χ4n) is 3.81. The molecule has 0 saturated heterocycles. The number of hydrogen-bond acceptors (Lipinski definition) is 4. The molecule has 1 heterocycles. The minimum atomic E-state index is -0.506. The van der Waals surface area contributed by atoms with Gasteiger partial charge in [0.15, 0.2) is 0 Å². The van der Waals surface area contributed by atoms with E-state index in [1.165, 1.54) is 0 Å². The summed E-state index contributed by atoms with van der Waals surface area (Å²) in [6.07, 6.45) is 4.73. The Kier molecular flexibility index (Phi) is 5.02. The van der Waals surface area contributed by atoms with E-state index in [9.17, 15) is 15.3 Å². The molecular formula is C21H26O4. The van der Waals surface area contributed by atoms with Gasteiger partial charge in [0.05, 0.1) is 19.3 Å². The summed E-state index contributed by atoms with van der Waals surface area (Å²) in [5.74, 6) is -0.0552. The Morgan fingerprint density at radius 2 is 1.92 bits per heavy atom. The predicted molar refractivity (Wildman–Crippen MR) is 98.6 cm³/mol. The molecule has 0 spiro atoms. The summed E-state index contributed by atoms with van der Waals surface area (Å²) in [5, 5.41) is 31.5. The molecule has 4 heteroatoms. The Labute approximate surface area is 148 Å². The summed E-state index contributed by atoms with van der Waals surface area (Å²) < 4.78 is 5.32. The van der Waals surface area contributed by atoms with Crippen molar-refractivity contribution < 1.29 is 20.1 Å². The molecule has 3 N–H and O–H groups in total. The van der Waals surface area contributed by atoms with E-state index in [-0.39, 0.29) is 23.3 Å². The highest BCUT2D eigenvalue weighted by Crippen LogP contribution is 2.47. The topological polar surface area (TPSA) is 69.9 Å². The van der Waals surface area contributed by atoms with Crippen molar-refractivity contribution in [2.75, 3.05) is 13.2 Å². The van der Waals surface area contributed by atoms with E-state index in [1.807, 2.05) is 26.0 Å². The van der Waals surface area contributed by atoms with E-state index >= 15 is 0 Å². The maximum atomic E-state index is 10.7. The first-order valence-electron chi connectivity index (χ1n) is 8.73. The second-order valence-electron chi connectivity index (χ2n) is 7.12. The minimum absolute atomic E-state index is 0.0244. The van der Waals surface area contributed by atoms with Crippen LogP contribution in [-0.4, -0.2) is 34.6 Å². The molecule has 0 radical (unpaired) electrons. The van der Waals surface area contributed by atoms with E-state index in [4.69, 9.17) is 4.74 Å². The van der Waals surface area contributed by atoms with Crippen molar-refractivity contribution in [3.63, 3.8) is 0 Å². The summed E-state index contributed by atoms with van der Waals surface area (Å²) in [5.41, 5.74) is 4.20. The molecule has 0 unspecified atom stereocenters. The van der Waals surface area contributed by atoms with Crippen molar-refractivity contribution in [1.82, 2.24) is 0 Å². The van der Waals surface area contributed by atoms with Crippen LogP contribution >= 0.6 is 0 Å². The third kappa shape index (κ3) is 3.51.